The topological polar surface area (TPSA) is 55.1 Å². The van der Waals surface area contributed by atoms with E-state index < -0.39 is 23.2 Å². The lowest BCUT2D eigenvalue weighted by Gasteiger charge is -2.32. The van der Waals surface area contributed by atoms with E-state index in [9.17, 15) is 18.0 Å². The first kappa shape index (κ1) is 16.1. The molecule has 0 spiro atoms. The summed E-state index contributed by atoms with van der Waals surface area (Å²) in [5.74, 6) is -0.483. The van der Waals surface area contributed by atoms with Gasteiger partial charge < -0.3 is 11.1 Å². The van der Waals surface area contributed by atoms with Crippen LogP contribution in [-0.4, -0.2) is 11.4 Å². The average Bonchev–Trinajstić information content (AvgIpc) is 2.40. The first-order valence-corrected chi connectivity index (χ1v) is 7.07. The highest BCUT2D eigenvalue weighted by molar-refractivity contribution is 6.33. The van der Waals surface area contributed by atoms with Gasteiger partial charge in [-0.2, -0.15) is 13.2 Å². The number of amides is 1. The first-order valence-electron chi connectivity index (χ1n) is 6.69. The number of hydrogen-bond acceptors (Lipinski definition) is 2. The van der Waals surface area contributed by atoms with E-state index in [-0.39, 0.29) is 10.7 Å². The minimum absolute atomic E-state index is 0.0516. The summed E-state index contributed by atoms with van der Waals surface area (Å²) >= 11 is 5.85. The Morgan fingerprint density at radius 1 is 1.24 bits per heavy atom. The number of alkyl halides is 3. The molecule has 21 heavy (non-hydrogen) atoms. The van der Waals surface area contributed by atoms with Gasteiger partial charge in [0.2, 0.25) is 5.91 Å². The van der Waals surface area contributed by atoms with Gasteiger partial charge in [-0.1, -0.05) is 30.9 Å². The quantitative estimate of drug-likeness (QED) is 0.866. The SMILES string of the molecule is NC1(C(=O)Nc2cc(C(F)(F)F)ccc2Cl)CCCCC1. The fourth-order valence-corrected chi connectivity index (χ4v) is 2.62. The van der Waals surface area contributed by atoms with E-state index in [0.717, 1.165) is 37.5 Å². The summed E-state index contributed by atoms with van der Waals surface area (Å²) in [5, 5.41) is 2.49. The maximum Gasteiger partial charge on any atom is 0.416 e. The van der Waals surface area contributed by atoms with Gasteiger partial charge >= 0.3 is 6.18 Å². The molecule has 0 aliphatic heterocycles. The number of anilines is 1. The molecular formula is C14H16ClF3N2O. The van der Waals surface area contributed by atoms with Crippen molar-refractivity contribution in [2.45, 2.75) is 43.8 Å². The fraction of sp³-hybridized carbons (Fsp3) is 0.500. The van der Waals surface area contributed by atoms with Gasteiger partial charge in [-0.05, 0) is 31.0 Å². The zero-order valence-corrected chi connectivity index (χ0v) is 12.0. The maximum absolute atomic E-state index is 12.7. The minimum Gasteiger partial charge on any atom is -0.323 e. The lowest BCUT2D eigenvalue weighted by molar-refractivity contribution is -0.137. The van der Waals surface area contributed by atoms with Crippen LogP contribution in [0.2, 0.25) is 5.02 Å². The van der Waals surface area contributed by atoms with E-state index in [1.54, 1.807) is 0 Å². The van der Waals surface area contributed by atoms with Crippen LogP contribution >= 0.6 is 11.6 Å². The summed E-state index contributed by atoms with van der Waals surface area (Å²) < 4.78 is 38.1. The van der Waals surface area contributed by atoms with Gasteiger partial charge in [0.15, 0.2) is 0 Å². The lowest BCUT2D eigenvalue weighted by Crippen LogP contribution is -2.52. The molecule has 0 aromatic heterocycles. The van der Waals surface area contributed by atoms with Gasteiger partial charge in [0.1, 0.15) is 0 Å². The Morgan fingerprint density at radius 2 is 1.86 bits per heavy atom. The van der Waals surface area contributed by atoms with Crippen molar-refractivity contribution in [1.82, 2.24) is 0 Å². The Labute approximate surface area is 125 Å². The van der Waals surface area contributed by atoms with Gasteiger partial charge in [0.25, 0.3) is 0 Å². The van der Waals surface area contributed by atoms with Crippen LogP contribution in [0, 0.1) is 0 Å². The number of rotatable bonds is 2. The number of hydrogen-bond donors (Lipinski definition) is 2. The van der Waals surface area contributed by atoms with Crippen molar-refractivity contribution in [3.63, 3.8) is 0 Å². The van der Waals surface area contributed by atoms with Gasteiger partial charge in [-0.3, -0.25) is 4.79 Å². The Kier molecular flexibility index (Phi) is 4.49. The van der Waals surface area contributed by atoms with Gasteiger partial charge in [-0.25, -0.2) is 0 Å². The molecule has 1 saturated carbocycles. The van der Waals surface area contributed by atoms with Gasteiger partial charge in [-0.15, -0.1) is 0 Å². The maximum atomic E-state index is 12.7. The minimum atomic E-state index is -4.49. The molecule has 116 valence electrons. The van der Waals surface area contributed by atoms with E-state index in [4.69, 9.17) is 17.3 Å². The Balaban J connectivity index is 2.20. The molecule has 1 aliphatic rings. The highest BCUT2D eigenvalue weighted by Gasteiger charge is 2.36. The molecule has 0 bridgehead atoms. The summed E-state index contributed by atoms with van der Waals surface area (Å²) in [6.45, 7) is 0. The molecule has 1 aromatic carbocycles. The van der Waals surface area contributed by atoms with Crippen molar-refractivity contribution in [1.29, 1.82) is 0 Å². The van der Waals surface area contributed by atoms with Crippen LogP contribution < -0.4 is 11.1 Å². The molecule has 0 atom stereocenters. The van der Waals surface area contributed by atoms with Crippen LogP contribution in [0.25, 0.3) is 0 Å². The number of carbonyl (C=O) groups is 1. The van der Waals surface area contributed by atoms with Crippen molar-refractivity contribution < 1.29 is 18.0 Å². The number of nitrogens with one attached hydrogen (secondary N) is 1. The third-order valence-electron chi connectivity index (χ3n) is 3.74. The van der Waals surface area contributed by atoms with E-state index in [1.165, 1.54) is 0 Å². The van der Waals surface area contributed by atoms with Crippen LogP contribution in [-0.2, 0) is 11.0 Å². The highest BCUT2D eigenvalue weighted by Crippen LogP contribution is 2.34. The fourth-order valence-electron chi connectivity index (χ4n) is 2.45. The summed E-state index contributed by atoms with van der Waals surface area (Å²) in [6, 6.07) is 2.81. The number of nitrogens with two attached hydrogens (primary N) is 1. The van der Waals surface area contributed by atoms with Crippen molar-refractivity contribution >= 4 is 23.2 Å². The summed E-state index contributed by atoms with van der Waals surface area (Å²) in [7, 11) is 0. The van der Waals surface area contributed by atoms with Gasteiger partial charge in [0.05, 0.1) is 21.8 Å². The van der Waals surface area contributed by atoms with Gasteiger partial charge in [0, 0.05) is 0 Å². The predicted octanol–water partition coefficient (Wildman–Crippen LogP) is 3.96. The predicted molar refractivity (Wildman–Crippen MR) is 75.1 cm³/mol. The molecule has 1 aliphatic carbocycles. The summed E-state index contributed by atoms with van der Waals surface area (Å²) in [5.41, 5.74) is 4.09. The van der Waals surface area contributed by atoms with Crippen molar-refractivity contribution in [2.75, 3.05) is 5.32 Å². The Bertz CT molecular complexity index is 540. The van der Waals surface area contributed by atoms with Crippen molar-refractivity contribution in [3.05, 3.63) is 28.8 Å². The molecule has 0 unspecified atom stereocenters. The zero-order chi connectivity index (χ0) is 15.7. The van der Waals surface area contributed by atoms with Crippen LogP contribution in [0.4, 0.5) is 18.9 Å². The largest absolute Gasteiger partial charge is 0.416 e. The number of halogens is 4. The molecular weight excluding hydrogens is 305 g/mol. The number of carbonyl (C=O) groups excluding carboxylic acids is 1. The van der Waals surface area contributed by atoms with Crippen LogP contribution in [0.1, 0.15) is 37.7 Å². The van der Waals surface area contributed by atoms with Crippen molar-refractivity contribution in [3.8, 4) is 0 Å². The van der Waals surface area contributed by atoms with E-state index in [1.807, 2.05) is 0 Å². The Hall–Kier alpha value is -1.27. The summed E-state index contributed by atoms with van der Waals surface area (Å²) in [4.78, 5) is 12.2. The first-order chi connectivity index (χ1) is 9.72. The normalized spacial score (nSPS) is 18.3. The monoisotopic (exact) mass is 320 g/mol. The van der Waals surface area contributed by atoms with Crippen LogP contribution in [0.3, 0.4) is 0 Å². The smallest absolute Gasteiger partial charge is 0.323 e. The third kappa shape index (κ3) is 3.68. The van der Waals surface area contributed by atoms with E-state index in [2.05, 4.69) is 5.32 Å². The van der Waals surface area contributed by atoms with E-state index in [0.29, 0.717) is 12.8 Å². The van der Waals surface area contributed by atoms with Crippen LogP contribution in [0.15, 0.2) is 18.2 Å². The second-order valence-corrected chi connectivity index (χ2v) is 5.77. The standard InChI is InChI=1S/C14H16ClF3N2O/c15-10-5-4-9(14(16,17)18)8-11(10)20-12(21)13(19)6-2-1-3-7-13/h4-5,8H,1-3,6-7,19H2,(H,20,21). The second kappa shape index (κ2) is 5.85. The zero-order valence-electron chi connectivity index (χ0n) is 11.3. The number of benzene rings is 1. The molecule has 7 heteroatoms. The van der Waals surface area contributed by atoms with E-state index >= 15 is 0 Å². The molecule has 0 saturated heterocycles. The molecule has 2 rings (SSSR count). The van der Waals surface area contributed by atoms with Crippen molar-refractivity contribution in [2.24, 2.45) is 5.73 Å². The third-order valence-corrected chi connectivity index (χ3v) is 4.07. The Morgan fingerprint density at radius 3 is 2.43 bits per heavy atom. The molecule has 0 heterocycles. The lowest BCUT2D eigenvalue weighted by atomic mass is 9.82. The molecule has 1 aromatic rings. The average molecular weight is 321 g/mol. The molecule has 3 nitrogen and oxygen atoms in total. The summed E-state index contributed by atoms with van der Waals surface area (Å²) in [6.07, 6.45) is -0.767. The second-order valence-electron chi connectivity index (χ2n) is 5.36. The molecule has 3 N–H and O–H groups in total. The highest BCUT2D eigenvalue weighted by atomic mass is 35.5. The molecule has 0 radical (unpaired) electrons. The molecule has 1 fully saturated rings. The van der Waals surface area contributed by atoms with Crippen LogP contribution in [0.5, 0.6) is 0 Å². The molecule has 1 amide bonds.